The summed E-state index contributed by atoms with van der Waals surface area (Å²) in [6.45, 7) is 4.05. The van der Waals surface area contributed by atoms with Crippen LogP contribution in [-0.2, 0) is 16.3 Å². The average Bonchev–Trinajstić information content (AvgIpc) is 2.91. The second-order valence-electron chi connectivity index (χ2n) is 7.14. The lowest BCUT2D eigenvalue weighted by molar-refractivity contribution is 0.0761. The fourth-order valence-corrected chi connectivity index (χ4v) is 4.37. The Kier molecular flexibility index (Phi) is 8.52. The van der Waals surface area contributed by atoms with E-state index in [0.717, 1.165) is 38.7 Å². The molecule has 1 heterocycles. The Labute approximate surface area is 184 Å². The van der Waals surface area contributed by atoms with Crippen LogP contribution in [0.5, 0.6) is 0 Å². The third kappa shape index (κ3) is 6.44. The summed E-state index contributed by atoms with van der Waals surface area (Å²) in [5, 5.41) is 0.179. The summed E-state index contributed by atoms with van der Waals surface area (Å²) in [5.41, 5.74) is 1.67. The van der Waals surface area contributed by atoms with Crippen LogP contribution in [0.1, 0.15) is 22.3 Å². The zero-order valence-corrected chi connectivity index (χ0v) is 18.8. The van der Waals surface area contributed by atoms with Crippen LogP contribution in [0.25, 0.3) is 0 Å². The van der Waals surface area contributed by atoms with Gasteiger partial charge in [-0.3, -0.25) is 4.79 Å². The summed E-state index contributed by atoms with van der Waals surface area (Å²) >= 11 is 6.21. The number of hydrogen-bond acceptors (Lipinski definition) is 4. The summed E-state index contributed by atoms with van der Waals surface area (Å²) in [5.74, 6) is -0.144. The maximum Gasteiger partial charge on any atom is 0.255 e. The van der Waals surface area contributed by atoms with Gasteiger partial charge in [-0.1, -0.05) is 41.9 Å². The molecule has 0 bridgehead atoms. The quantitative estimate of drug-likeness (QED) is 0.689. The average molecular weight is 457 g/mol. The number of nitrogens with zero attached hydrogens (tertiary/aromatic N) is 2. The second kappa shape index (κ2) is 10.4. The van der Waals surface area contributed by atoms with Crippen molar-refractivity contribution in [1.29, 1.82) is 0 Å². The maximum atomic E-state index is 12.9. The highest BCUT2D eigenvalue weighted by Gasteiger charge is 2.23. The fraction of sp³-hybridized carbons (Fsp3) is 0.381. The molecule has 0 aromatic heterocycles. The van der Waals surface area contributed by atoms with Crippen LogP contribution in [-0.4, -0.2) is 63.1 Å². The van der Waals surface area contributed by atoms with E-state index >= 15 is 0 Å². The van der Waals surface area contributed by atoms with Crippen LogP contribution in [0.2, 0.25) is 5.02 Å². The number of carbonyl (C=O) groups is 1. The number of carbonyl (C=O) groups excluding carboxylic acids is 1. The number of amides is 1. The summed E-state index contributed by atoms with van der Waals surface area (Å²) < 4.78 is 23.3. The first-order chi connectivity index (χ1) is 13.3. The molecule has 1 amide bonds. The normalized spacial score (nSPS) is 15.4. The van der Waals surface area contributed by atoms with E-state index in [0.29, 0.717) is 18.7 Å². The molecule has 0 atom stereocenters. The number of benzene rings is 2. The minimum absolute atomic E-state index is 0. The molecule has 0 saturated carbocycles. The molecule has 8 heteroatoms. The molecule has 2 aromatic rings. The van der Waals surface area contributed by atoms with Crippen LogP contribution >= 0.6 is 24.0 Å². The van der Waals surface area contributed by atoms with Gasteiger partial charge in [0.25, 0.3) is 5.91 Å². The topological polar surface area (TPSA) is 57.7 Å². The standard InChI is InChI=1S/C21H25ClN2O3S.ClH/c1-28(26,27)18-8-9-19(20(22)16-18)21(25)24-12-5-11-23(14-15-24)13-10-17-6-3-2-4-7-17;/h2-4,6-9,16H,5,10-15H2,1H3;1H. The van der Waals surface area contributed by atoms with Gasteiger partial charge in [-0.15, -0.1) is 12.4 Å². The van der Waals surface area contributed by atoms with Crippen molar-refractivity contribution < 1.29 is 13.2 Å². The Hall–Kier alpha value is -1.60. The Morgan fingerprint density at radius 3 is 2.41 bits per heavy atom. The van der Waals surface area contributed by atoms with Crippen LogP contribution < -0.4 is 0 Å². The molecule has 1 saturated heterocycles. The van der Waals surface area contributed by atoms with E-state index in [4.69, 9.17) is 11.6 Å². The van der Waals surface area contributed by atoms with Crippen molar-refractivity contribution in [3.05, 3.63) is 64.7 Å². The highest BCUT2D eigenvalue weighted by molar-refractivity contribution is 7.90. The van der Waals surface area contributed by atoms with Gasteiger partial charge >= 0.3 is 0 Å². The molecule has 0 aliphatic carbocycles. The van der Waals surface area contributed by atoms with Crippen LogP contribution in [0.3, 0.4) is 0 Å². The Balaban J connectivity index is 0.00000300. The summed E-state index contributed by atoms with van der Waals surface area (Å²) in [6, 6.07) is 14.7. The Morgan fingerprint density at radius 2 is 1.76 bits per heavy atom. The summed E-state index contributed by atoms with van der Waals surface area (Å²) in [4.78, 5) is 17.2. The molecule has 5 nitrogen and oxygen atoms in total. The van der Waals surface area contributed by atoms with E-state index in [-0.39, 0.29) is 28.2 Å². The predicted molar refractivity (Wildman–Crippen MR) is 119 cm³/mol. The van der Waals surface area contributed by atoms with Crippen LogP contribution in [0, 0.1) is 0 Å². The molecule has 1 aliphatic rings. The van der Waals surface area contributed by atoms with E-state index in [1.165, 1.54) is 23.8 Å². The molecule has 0 radical (unpaired) electrons. The van der Waals surface area contributed by atoms with Gasteiger partial charge in [-0.05, 0) is 43.1 Å². The SMILES string of the molecule is CS(=O)(=O)c1ccc(C(=O)N2CCCN(CCc3ccccc3)CC2)c(Cl)c1.Cl. The molecule has 158 valence electrons. The van der Waals surface area contributed by atoms with E-state index in [9.17, 15) is 13.2 Å². The minimum atomic E-state index is -3.35. The number of hydrogen-bond donors (Lipinski definition) is 0. The smallest absolute Gasteiger partial charge is 0.255 e. The first-order valence-corrected chi connectivity index (χ1v) is 11.7. The Bertz CT molecular complexity index is 936. The summed E-state index contributed by atoms with van der Waals surface area (Å²) in [6.07, 6.45) is 3.02. The first kappa shape index (κ1) is 23.7. The molecule has 0 unspecified atom stereocenters. The van der Waals surface area contributed by atoms with Crippen molar-refractivity contribution in [2.75, 3.05) is 39.0 Å². The van der Waals surface area contributed by atoms with Gasteiger partial charge in [0.15, 0.2) is 9.84 Å². The molecule has 0 spiro atoms. The highest BCUT2D eigenvalue weighted by Crippen LogP contribution is 2.23. The fourth-order valence-electron chi connectivity index (χ4n) is 3.40. The third-order valence-electron chi connectivity index (χ3n) is 5.03. The minimum Gasteiger partial charge on any atom is -0.337 e. The number of rotatable bonds is 5. The van der Waals surface area contributed by atoms with Gasteiger partial charge in [-0.25, -0.2) is 8.42 Å². The molecule has 0 N–H and O–H groups in total. The lowest BCUT2D eigenvalue weighted by atomic mass is 10.1. The monoisotopic (exact) mass is 456 g/mol. The van der Waals surface area contributed by atoms with E-state index < -0.39 is 9.84 Å². The molecule has 1 aliphatic heterocycles. The van der Waals surface area contributed by atoms with Gasteiger partial charge in [0.05, 0.1) is 15.5 Å². The van der Waals surface area contributed by atoms with Gasteiger partial charge in [0.2, 0.25) is 0 Å². The predicted octanol–water partition coefficient (Wildman–Crippen LogP) is 3.56. The molecular weight excluding hydrogens is 431 g/mol. The first-order valence-electron chi connectivity index (χ1n) is 9.40. The van der Waals surface area contributed by atoms with E-state index in [2.05, 4.69) is 29.2 Å². The van der Waals surface area contributed by atoms with E-state index in [1.807, 2.05) is 11.0 Å². The zero-order chi connectivity index (χ0) is 20.1. The molecule has 3 rings (SSSR count). The second-order valence-corrected chi connectivity index (χ2v) is 9.56. The van der Waals surface area contributed by atoms with Crippen molar-refractivity contribution in [2.24, 2.45) is 0 Å². The zero-order valence-electron chi connectivity index (χ0n) is 16.4. The molecule has 2 aromatic carbocycles. The summed E-state index contributed by atoms with van der Waals surface area (Å²) in [7, 11) is -3.35. The van der Waals surface area contributed by atoms with Crippen molar-refractivity contribution in [2.45, 2.75) is 17.7 Å². The highest BCUT2D eigenvalue weighted by atomic mass is 35.5. The Morgan fingerprint density at radius 1 is 1.03 bits per heavy atom. The molecule has 29 heavy (non-hydrogen) atoms. The van der Waals surface area contributed by atoms with Crippen molar-refractivity contribution in [3.63, 3.8) is 0 Å². The van der Waals surface area contributed by atoms with Crippen LogP contribution in [0.4, 0.5) is 0 Å². The largest absolute Gasteiger partial charge is 0.337 e. The third-order valence-corrected chi connectivity index (χ3v) is 6.46. The lowest BCUT2D eigenvalue weighted by Crippen LogP contribution is -2.35. The number of halogens is 2. The van der Waals surface area contributed by atoms with Crippen LogP contribution in [0.15, 0.2) is 53.4 Å². The maximum absolute atomic E-state index is 12.9. The van der Waals surface area contributed by atoms with Gasteiger partial charge in [-0.2, -0.15) is 0 Å². The lowest BCUT2D eigenvalue weighted by Gasteiger charge is -2.22. The van der Waals surface area contributed by atoms with Crippen molar-refractivity contribution in [3.8, 4) is 0 Å². The van der Waals surface area contributed by atoms with Crippen molar-refractivity contribution in [1.82, 2.24) is 9.80 Å². The van der Waals surface area contributed by atoms with Gasteiger partial charge in [0.1, 0.15) is 0 Å². The van der Waals surface area contributed by atoms with E-state index in [1.54, 1.807) is 0 Å². The molecular formula is C21H26Cl2N2O3S. The van der Waals surface area contributed by atoms with Gasteiger partial charge < -0.3 is 9.80 Å². The number of sulfone groups is 1. The molecule has 1 fully saturated rings. The van der Waals surface area contributed by atoms with Gasteiger partial charge in [0, 0.05) is 32.4 Å². The van der Waals surface area contributed by atoms with Crippen molar-refractivity contribution >= 4 is 39.8 Å².